The number of carbonyl (C=O) groups is 1. The van der Waals surface area contributed by atoms with Gasteiger partial charge in [-0.15, -0.1) is 0 Å². The Morgan fingerprint density at radius 1 is 1.42 bits per heavy atom. The molecule has 0 spiro atoms. The molecular weight excluding hydrogens is 355 g/mol. The van der Waals surface area contributed by atoms with E-state index in [0.29, 0.717) is 5.56 Å². The van der Waals surface area contributed by atoms with Crippen LogP contribution in [0.3, 0.4) is 0 Å². The number of halogens is 1. The van der Waals surface area contributed by atoms with Crippen LogP contribution in [0.5, 0.6) is 5.88 Å². The van der Waals surface area contributed by atoms with Crippen LogP contribution in [0.15, 0.2) is 28.5 Å². The highest BCUT2D eigenvalue weighted by Gasteiger charge is 2.24. The van der Waals surface area contributed by atoms with Crippen molar-refractivity contribution in [2.75, 3.05) is 6.26 Å². The molecule has 0 atom stereocenters. The van der Waals surface area contributed by atoms with Gasteiger partial charge in [0.1, 0.15) is 16.6 Å². The lowest BCUT2D eigenvalue weighted by atomic mass is 10.1. The van der Waals surface area contributed by atoms with Crippen LogP contribution in [0.25, 0.3) is 0 Å². The lowest BCUT2D eigenvalue weighted by molar-refractivity contribution is 0.0951. The van der Waals surface area contributed by atoms with E-state index in [0.717, 1.165) is 30.6 Å². The van der Waals surface area contributed by atoms with Crippen molar-refractivity contribution in [3.8, 4) is 5.88 Å². The Kier molecular flexibility index (Phi) is 4.55. The summed E-state index contributed by atoms with van der Waals surface area (Å²) in [6.45, 7) is -0.149. The molecule has 3 rings (SSSR count). The molecule has 2 aromatic rings. The Labute approximate surface area is 142 Å². The largest absolute Gasteiger partial charge is 0.472 e. The zero-order chi connectivity index (χ0) is 17.3. The second-order valence-electron chi connectivity index (χ2n) is 5.60. The Balaban J connectivity index is 1.70. The van der Waals surface area contributed by atoms with Crippen molar-refractivity contribution in [1.29, 1.82) is 0 Å². The number of nitrogens with zero attached hydrogens (tertiary/aromatic N) is 1. The molecule has 24 heavy (non-hydrogen) atoms. The van der Waals surface area contributed by atoms with Gasteiger partial charge in [0.25, 0.3) is 5.91 Å². The van der Waals surface area contributed by atoms with Crippen LogP contribution < -0.4 is 10.1 Å². The molecule has 128 valence electrons. The molecule has 1 heterocycles. The van der Waals surface area contributed by atoms with E-state index < -0.39 is 15.7 Å². The molecule has 9 heteroatoms. The number of rotatable bonds is 6. The fraction of sp³-hybridized carbons (Fsp3) is 0.333. The number of ether oxygens (including phenoxy) is 1. The van der Waals surface area contributed by atoms with Crippen molar-refractivity contribution < 1.29 is 22.3 Å². The Morgan fingerprint density at radius 2 is 2.17 bits per heavy atom. The minimum Gasteiger partial charge on any atom is -0.472 e. The van der Waals surface area contributed by atoms with Gasteiger partial charge in [0, 0.05) is 29.5 Å². The smallest absolute Gasteiger partial charge is 0.251 e. The quantitative estimate of drug-likeness (QED) is 0.842. The predicted molar refractivity (Wildman–Crippen MR) is 86.4 cm³/mol. The molecule has 1 aliphatic carbocycles. The molecule has 0 bridgehead atoms. The van der Waals surface area contributed by atoms with E-state index in [1.54, 1.807) is 0 Å². The number of amides is 1. The SMILES string of the molecule is CS(=O)(=O)c1cc(OCc2cc(C(=O)NC3CC3)ccc2F)ns1. The highest BCUT2D eigenvalue weighted by Crippen LogP contribution is 2.23. The maximum absolute atomic E-state index is 13.9. The monoisotopic (exact) mass is 370 g/mol. The summed E-state index contributed by atoms with van der Waals surface area (Å²) in [5.74, 6) is -0.643. The summed E-state index contributed by atoms with van der Waals surface area (Å²) in [6.07, 6.45) is 3.01. The first-order chi connectivity index (χ1) is 11.3. The number of benzene rings is 1. The second kappa shape index (κ2) is 6.48. The van der Waals surface area contributed by atoms with Gasteiger partial charge in [-0.1, -0.05) is 0 Å². The molecular formula is C15H15FN2O4S2. The van der Waals surface area contributed by atoms with Gasteiger partial charge >= 0.3 is 0 Å². The fourth-order valence-electron chi connectivity index (χ4n) is 1.96. The van der Waals surface area contributed by atoms with Crippen molar-refractivity contribution in [1.82, 2.24) is 9.69 Å². The van der Waals surface area contributed by atoms with E-state index in [-0.39, 0.29) is 34.2 Å². The Hall–Kier alpha value is -2.00. The maximum atomic E-state index is 13.9. The first kappa shape index (κ1) is 16.8. The zero-order valence-electron chi connectivity index (χ0n) is 12.8. The van der Waals surface area contributed by atoms with Gasteiger partial charge < -0.3 is 10.1 Å². The molecule has 1 aliphatic rings. The van der Waals surface area contributed by atoms with Crippen molar-refractivity contribution in [3.63, 3.8) is 0 Å². The molecule has 0 saturated heterocycles. The van der Waals surface area contributed by atoms with Crippen molar-refractivity contribution in [2.45, 2.75) is 29.7 Å². The zero-order valence-corrected chi connectivity index (χ0v) is 14.4. The number of sulfone groups is 1. The average molecular weight is 370 g/mol. The minimum atomic E-state index is -3.35. The fourth-order valence-corrected chi connectivity index (χ4v) is 3.37. The number of nitrogens with one attached hydrogen (secondary N) is 1. The minimum absolute atomic E-state index is 0.0792. The van der Waals surface area contributed by atoms with Gasteiger partial charge in [-0.2, -0.15) is 4.37 Å². The van der Waals surface area contributed by atoms with Crippen molar-refractivity contribution in [3.05, 3.63) is 41.2 Å². The van der Waals surface area contributed by atoms with Crippen LogP contribution in [-0.4, -0.2) is 31.0 Å². The van der Waals surface area contributed by atoms with Gasteiger partial charge in [-0.3, -0.25) is 4.79 Å². The topological polar surface area (TPSA) is 85.4 Å². The highest BCUT2D eigenvalue weighted by molar-refractivity contribution is 7.92. The maximum Gasteiger partial charge on any atom is 0.251 e. The van der Waals surface area contributed by atoms with Crippen LogP contribution in [-0.2, 0) is 16.4 Å². The summed E-state index contributed by atoms with van der Waals surface area (Å²) in [4.78, 5) is 12.0. The van der Waals surface area contributed by atoms with Gasteiger partial charge in [0.2, 0.25) is 5.88 Å². The molecule has 1 aromatic carbocycles. The Morgan fingerprint density at radius 3 is 2.79 bits per heavy atom. The van der Waals surface area contributed by atoms with Gasteiger partial charge in [-0.25, -0.2) is 12.8 Å². The van der Waals surface area contributed by atoms with E-state index in [9.17, 15) is 17.6 Å². The molecule has 0 aliphatic heterocycles. The number of hydrogen-bond donors (Lipinski definition) is 1. The van der Waals surface area contributed by atoms with E-state index >= 15 is 0 Å². The lowest BCUT2D eigenvalue weighted by Gasteiger charge is -2.08. The summed E-state index contributed by atoms with van der Waals surface area (Å²) in [6, 6.07) is 5.56. The Bertz CT molecular complexity index is 875. The van der Waals surface area contributed by atoms with E-state index in [1.165, 1.54) is 24.3 Å². The predicted octanol–water partition coefficient (Wildman–Crippen LogP) is 2.16. The van der Waals surface area contributed by atoms with Crippen LogP contribution in [0, 0.1) is 5.82 Å². The third-order valence-corrected chi connectivity index (χ3v) is 5.98. The average Bonchev–Trinajstić information content (AvgIpc) is 3.18. The second-order valence-corrected chi connectivity index (χ2v) is 8.65. The summed E-state index contributed by atoms with van der Waals surface area (Å²) >= 11 is 0.797. The highest BCUT2D eigenvalue weighted by atomic mass is 32.2. The van der Waals surface area contributed by atoms with Crippen LogP contribution >= 0.6 is 11.5 Å². The van der Waals surface area contributed by atoms with Crippen molar-refractivity contribution >= 4 is 27.3 Å². The first-order valence-electron chi connectivity index (χ1n) is 7.22. The molecule has 1 saturated carbocycles. The third kappa shape index (κ3) is 4.09. The van der Waals surface area contributed by atoms with Gasteiger partial charge in [0.05, 0.1) is 0 Å². The summed E-state index contributed by atoms with van der Waals surface area (Å²) in [5, 5.41) is 2.83. The molecule has 0 radical (unpaired) electrons. The van der Waals surface area contributed by atoms with E-state index in [1.807, 2.05) is 0 Å². The summed E-state index contributed by atoms with van der Waals surface area (Å²) < 4.78 is 46.0. The first-order valence-corrected chi connectivity index (χ1v) is 9.88. The van der Waals surface area contributed by atoms with Crippen LogP contribution in [0.2, 0.25) is 0 Å². The number of carbonyl (C=O) groups excluding carboxylic acids is 1. The van der Waals surface area contributed by atoms with Crippen LogP contribution in [0.4, 0.5) is 4.39 Å². The van der Waals surface area contributed by atoms with Crippen molar-refractivity contribution in [2.24, 2.45) is 0 Å². The van der Waals surface area contributed by atoms with Gasteiger partial charge in [-0.05, 0) is 42.6 Å². The lowest BCUT2D eigenvalue weighted by Crippen LogP contribution is -2.25. The van der Waals surface area contributed by atoms with Crippen LogP contribution in [0.1, 0.15) is 28.8 Å². The number of aromatic nitrogens is 1. The molecule has 1 fully saturated rings. The molecule has 6 nitrogen and oxygen atoms in total. The normalized spacial score (nSPS) is 14.4. The van der Waals surface area contributed by atoms with E-state index in [4.69, 9.17) is 4.74 Å². The molecule has 0 unspecified atom stereocenters. The van der Waals surface area contributed by atoms with Gasteiger partial charge in [0.15, 0.2) is 9.84 Å². The standard InChI is InChI=1S/C15H15FN2O4S2/c1-24(20,21)14-7-13(18-23-14)22-8-10-6-9(2-5-12(10)16)15(19)17-11-3-4-11/h2,5-7,11H,3-4,8H2,1H3,(H,17,19). The molecule has 1 N–H and O–H groups in total. The third-order valence-electron chi connectivity index (χ3n) is 3.43. The van der Waals surface area contributed by atoms with E-state index in [2.05, 4.69) is 9.69 Å². The molecule has 1 amide bonds. The summed E-state index contributed by atoms with van der Waals surface area (Å²) in [7, 11) is -3.35. The number of hydrogen-bond acceptors (Lipinski definition) is 6. The molecule has 1 aromatic heterocycles. The summed E-state index contributed by atoms with van der Waals surface area (Å²) in [5.41, 5.74) is 0.560.